The zero-order valence-electron chi connectivity index (χ0n) is 20.8. The van der Waals surface area contributed by atoms with Crippen LogP contribution in [-0.4, -0.2) is 44.5 Å². The van der Waals surface area contributed by atoms with Crippen molar-refractivity contribution in [2.24, 2.45) is 0 Å². The van der Waals surface area contributed by atoms with E-state index in [2.05, 4.69) is 25.0 Å². The summed E-state index contributed by atoms with van der Waals surface area (Å²) in [5.41, 5.74) is 2.99. The van der Waals surface area contributed by atoms with E-state index in [0.29, 0.717) is 53.4 Å². The van der Waals surface area contributed by atoms with Crippen LogP contribution in [-0.2, 0) is 11.2 Å². The molecule has 1 aliphatic rings. The van der Waals surface area contributed by atoms with Gasteiger partial charge in [-0.05, 0) is 25.8 Å². The van der Waals surface area contributed by atoms with Gasteiger partial charge in [0.1, 0.15) is 23.0 Å². The van der Waals surface area contributed by atoms with Gasteiger partial charge in [0.2, 0.25) is 0 Å². The summed E-state index contributed by atoms with van der Waals surface area (Å²) in [6, 6.07) is 7.15. The summed E-state index contributed by atoms with van der Waals surface area (Å²) < 4.78 is 47.2. The van der Waals surface area contributed by atoms with Crippen LogP contribution >= 0.6 is 0 Å². The molecule has 5 rings (SSSR count). The molecule has 1 N–H and O–H groups in total. The van der Waals surface area contributed by atoms with Gasteiger partial charge in [-0.2, -0.15) is 8.78 Å². The molecule has 38 heavy (non-hydrogen) atoms. The molecule has 1 aliphatic heterocycles. The number of aryl methyl sites for hydroxylation is 1. The standard InChI is InChI=1S/C26H24F3N5O3.K/c1-14-21(8-15-4-2-3-5-22(15)37-26(28)29)34-13-18(19(27)9-23(34)33-14)17-11-31-24(32-12-17)16-6-7-20(25(35)36)30-10-16;/h2-5,9,11-13,16,20,26,30H,6-8,10H2,1H3,(H,35,36);/q;+1/p-1. The molecular weight excluding hydrogens is 526 g/mol. The van der Waals surface area contributed by atoms with Crippen molar-refractivity contribution >= 4 is 11.6 Å². The van der Waals surface area contributed by atoms with Gasteiger partial charge in [-0.15, -0.1) is 0 Å². The number of ether oxygens (including phenoxy) is 1. The number of nitrogens with zero attached hydrogens (tertiary/aromatic N) is 4. The maximum Gasteiger partial charge on any atom is 1.00 e. The Labute approximate surface area is 259 Å². The molecule has 1 saturated heterocycles. The number of carboxylic acid groups (broad SMARTS) is 1. The molecule has 2 atom stereocenters. The van der Waals surface area contributed by atoms with Crippen molar-refractivity contribution in [2.75, 3.05) is 6.54 Å². The number of hydrogen-bond donors (Lipinski definition) is 1. The predicted octanol–water partition coefficient (Wildman–Crippen LogP) is 0.0205. The zero-order chi connectivity index (χ0) is 26.1. The molecule has 0 amide bonds. The first-order chi connectivity index (χ1) is 17.8. The van der Waals surface area contributed by atoms with Crippen molar-refractivity contribution < 1.29 is 79.2 Å². The van der Waals surface area contributed by atoms with Gasteiger partial charge in [0, 0.05) is 72.0 Å². The van der Waals surface area contributed by atoms with Gasteiger partial charge in [-0.1, -0.05) is 18.2 Å². The number of rotatable bonds is 7. The molecule has 0 bridgehead atoms. The molecule has 0 spiro atoms. The molecular formula is C26H23F3KN5O3. The van der Waals surface area contributed by atoms with Gasteiger partial charge in [0.15, 0.2) is 0 Å². The summed E-state index contributed by atoms with van der Waals surface area (Å²) in [6.45, 7) is -0.766. The molecule has 4 heterocycles. The topological polar surface area (TPSA) is 104 Å². The molecule has 1 fully saturated rings. The van der Waals surface area contributed by atoms with E-state index in [1.165, 1.54) is 24.5 Å². The van der Waals surface area contributed by atoms with Crippen molar-refractivity contribution in [2.45, 2.75) is 44.8 Å². The first kappa shape index (κ1) is 28.6. The van der Waals surface area contributed by atoms with Crippen LogP contribution in [0.15, 0.2) is 48.9 Å². The number of imidazole rings is 1. The number of carbonyl (C=O) groups excluding carboxylic acids is 1. The Morgan fingerprint density at radius 3 is 2.63 bits per heavy atom. The second-order valence-corrected chi connectivity index (χ2v) is 8.95. The number of carbonyl (C=O) groups is 1. The summed E-state index contributed by atoms with van der Waals surface area (Å²) in [5.74, 6) is -1.07. The van der Waals surface area contributed by atoms with Crippen molar-refractivity contribution in [1.29, 1.82) is 0 Å². The normalized spacial score (nSPS) is 17.4. The van der Waals surface area contributed by atoms with Gasteiger partial charge in [-0.25, -0.2) is 19.3 Å². The molecule has 0 radical (unpaired) electrons. The van der Waals surface area contributed by atoms with Gasteiger partial charge < -0.3 is 24.4 Å². The van der Waals surface area contributed by atoms with Crippen LogP contribution in [0.1, 0.15) is 41.5 Å². The van der Waals surface area contributed by atoms with Gasteiger partial charge in [0.25, 0.3) is 0 Å². The minimum Gasteiger partial charge on any atom is -0.548 e. The van der Waals surface area contributed by atoms with E-state index in [-0.39, 0.29) is 75.0 Å². The summed E-state index contributed by atoms with van der Waals surface area (Å²) in [4.78, 5) is 24.3. The Kier molecular flexibility index (Phi) is 9.22. The van der Waals surface area contributed by atoms with Crippen molar-refractivity contribution in [3.63, 3.8) is 0 Å². The summed E-state index contributed by atoms with van der Waals surface area (Å²) in [5, 5.41) is 14.0. The van der Waals surface area contributed by atoms with E-state index in [9.17, 15) is 18.7 Å². The SMILES string of the molecule is Cc1nc2cc(F)c(-c3cnc(C4CCC(C(=O)[O-])NC4)nc3)cn2c1Cc1ccccc1OC(F)F.[K+]. The number of aromatic nitrogens is 4. The molecule has 1 aromatic carbocycles. The third-order valence-electron chi connectivity index (χ3n) is 6.60. The molecule has 0 saturated carbocycles. The minimum absolute atomic E-state index is 0. The van der Waals surface area contributed by atoms with E-state index >= 15 is 4.39 Å². The summed E-state index contributed by atoms with van der Waals surface area (Å²) in [6.07, 6.45) is 5.93. The fraction of sp³-hybridized carbons (Fsp3) is 0.308. The molecule has 0 aliphatic carbocycles. The number of aliphatic carboxylic acids is 1. The van der Waals surface area contributed by atoms with E-state index in [0.717, 1.165) is 0 Å². The molecule has 12 heteroatoms. The van der Waals surface area contributed by atoms with Crippen LogP contribution in [0.5, 0.6) is 5.75 Å². The maximum atomic E-state index is 15.1. The van der Waals surface area contributed by atoms with Crippen molar-refractivity contribution in [1.82, 2.24) is 24.7 Å². The number of piperidine rings is 1. The third-order valence-corrected chi connectivity index (χ3v) is 6.60. The van der Waals surface area contributed by atoms with Crippen LogP contribution in [0, 0.1) is 12.7 Å². The number of halogens is 3. The van der Waals surface area contributed by atoms with E-state index in [1.54, 1.807) is 35.7 Å². The van der Waals surface area contributed by atoms with Gasteiger partial charge in [-0.3, -0.25) is 0 Å². The second-order valence-electron chi connectivity index (χ2n) is 8.95. The van der Waals surface area contributed by atoms with E-state index in [1.807, 2.05) is 0 Å². The predicted molar refractivity (Wildman–Crippen MR) is 126 cm³/mol. The molecule has 4 aromatic rings. The quantitative estimate of drug-likeness (QED) is 0.324. The number of fused-ring (bicyclic) bond motifs is 1. The molecule has 192 valence electrons. The Balaban J connectivity index is 0.00000336. The number of hydrogen-bond acceptors (Lipinski definition) is 7. The molecule has 8 nitrogen and oxygen atoms in total. The zero-order valence-corrected chi connectivity index (χ0v) is 23.9. The maximum absolute atomic E-state index is 15.1. The average molecular weight is 550 g/mol. The summed E-state index contributed by atoms with van der Waals surface area (Å²) >= 11 is 0. The largest absolute Gasteiger partial charge is 1.00 e. The number of pyridine rings is 1. The second kappa shape index (κ2) is 12.2. The van der Waals surface area contributed by atoms with Gasteiger partial charge >= 0.3 is 58.0 Å². The van der Waals surface area contributed by atoms with E-state index < -0.39 is 24.4 Å². The van der Waals surface area contributed by atoms with Crippen LogP contribution < -0.4 is 66.5 Å². The Morgan fingerprint density at radius 1 is 1.24 bits per heavy atom. The fourth-order valence-electron chi connectivity index (χ4n) is 4.66. The molecule has 3 aromatic heterocycles. The van der Waals surface area contributed by atoms with Crippen LogP contribution in [0.2, 0.25) is 0 Å². The fourth-order valence-corrected chi connectivity index (χ4v) is 4.66. The monoisotopic (exact) mass is 549 g/mol. The number of carboxylic acids is 1. The number of benzene rings is 1. The van der Waals surface area contributed by atoms with Gasteiger partial charge in [0.05, 0.1) is 11.7 Å². The Hall–Kier alpha value is -2.35. The Morgan fingerprint density at radius 2 is 1.97 bits per heavy atom. The van der Waals surface area contributed by atoms with Crippen molar-refractivity contribution in [3.8, 4) is 16.9 Å². The number of nitrogens with one attached hydrogen (secondary N) is 1. The smallest absolute Gasteiger partial charge is 0.548 e. The van der Waals surface area contributed by atoms with E-state index in [4.69, 9.17) is 0 Å². The first-order valence-corrected chi connectivity index (χ1v) is 11.8. The van der Waals surface area contributed by atoms with Crippen molar-refractivity contribution in [3.05, 3.63) is 77.5 Å². The third kappa shape index (κ3) is 6.10. The minimum atomic E-state index is -2.95. The first-order valence-electron chi connectivity index (χ1n) is 11.8. The number of para-hydroxylation sites is 1. The van der Waals surface area contributed by atoms with Crippen LogP contribution in [0.3, 0.4) is 0 Å². The Bertz CT molecular complexity index is 1440. The average Bonchev–Trinajstić information content (AvgIpc) is 3.18. The van der Waals surface area contributed by atoms with Crippen LogP contribution in [0.25, 0.3) is 16.8 Å². The molecule has 2 unspecified atom stereocenters. The summed E-state index contributed by atoms with van der Waals surface area (Å²) in [7, 11) is 0. The number of alkyl halides is 2. The van der Waals surface area contributed by atoms with Crippen LogP contribution in [0.4, 0.5) is 13.2 Å².